The molecule has 6 nitrogen and oxygen atoms in total. The summed E-state index contributed by atoms with van der Waals surface area (Å²) in [5.74, 6) is -1.71. The van der Waals surface area contributed by atoms with Crippen LogP contribution in [0.4, 0.5) is 8.78 Å². The van der Waals surface area contributed by atoms with Gasteiger partial charge in [-0.25, -0.2) is 14.3 Å². The lowest BCUT2D eigenvalue weighted by Crippen LogP contribution is -2.22. The van der Waals surface area contributed by atoms with Crippen LogP contribution in [-0.4, -0.2) is 41.9 Å². The Bertz CT molecular complexity index is 995. The van der Waals surface area contributed by atoms with Crippen molar-refractivity contribution in [2.24, 2.45) is 5.92 Å². The van der Waals surface area contributed by atoms with Crippen LogP contribution in [0.25, 0.3) is 5.57 Å². The molecule has 2 aromatic rings. The van der Waals surface area contributed by atoms with Crippen LogP contribution in [-0.2, 0) is 17.6 Å². The number of pyridine rings is 1. The molecular weight excluding hydrogens is 428 g/mol. The molecule has 178 valence electrons. The van der Waals surface area contributed by atoms with Crippen molar-refractivity contribution in [1.29, 1.82) is 0 Å². The van der Waals surface area contributed by atoms with Crippen molar-refractivity contribution in [3.05, 3.63) is 70.6 Å². The summed E-state index contributed by atoms with van der Waals surface area (Å²) in [6.07, 6.45) is 6.64. The molecular formula is C25H31F2N3O3. The standard InChI is InChI=1S/C25H31F2N3O3/c1-16(2)33-9-3-8-28-14-19-5-4-17(10-18-6-7-21(26)12-23(18)27)11-20-15-29-24(13-22(19)20)25(31)30-32/h5-7,12-13,15-17,28,32H,3-4,8-11,14H2,1-2H3,(H,30,31)/t17-/m0/s1. The Hall–Kier alpha value is -2.68. The summed E-state index contributed by atoms with van der Waals surface area (Å²) >= 11 is 0. The molecule has 8 heteroatoms. The van der Waals surface area contributed by atoms with E-state index in [4.69, 9.17) is 9.94 Å². The van der Waals surface area contributed by atoms with E-state index < -0.39 is 17.5 Å². The first kappa shape index (κ1) is 25.0. The molecule has 0 unspecified atom stereocenters. The number of hydrogen-bond acceptors (Lipinski definition) is 5. The maximum Gasteiger partial charge on any atom is 0.293 e. The quantitative estimate of drug-likeness (QED) is 0.283. The summed E-state index contributed by atoms with van der Waals surface area (Å²) in [4.78, 5) is 16.1. The van der Waals surface area contributed by atoms with Crippen LogP contribution in [0.15, 0.2) is 36.5 Å². The fourth-order valence-electron chi connectivity index (χ4n) is 4.00. The van der Waals surface area contributed by atoms with Gasteiger partial charge in [-0.15, -0.1) is 0 Å². The minimum atomic E-state index is -0.676. The molecule has 0 saturated carbocycles. The molecule has 1 atom stereocenters. The third-order valence-electron chi connectivity index (χ3n) is 5.66. The molecule has 0 bridgehead atoms. The number of aromatic nitrogens is 1. The Kier molecular flexibility index (Phi) is 9.05. The first-order valence-corrected chi connectivity index (χ1v) is 11.3. The van der Waals surface area contributed by atoms with E-state index in [-0.39, 0.29) is 17.7 Å². The van der Waals surface area contributed by atoms with E-state index in [2.05, 4.69) is 16.4 Å². The zero-order chi connectivity index (χ0) is 23.8. The fraction of sp³-hybridized carbons (Fsp3) is 0.440. The number of amides is 1. The van der Waals surface area contributed by atoms with Crippen molar-refractivity contribution in [3.63, 3.8) is 0 Å². The summed E-state index contributed by atoms with van der Waals surface area (Å²) in [6.45, 7) is 6.05. The summed E-state index contributed by atoms with van der Waals surface area (Å²) in [7, 11) is 0. The molecule has 1 aliphatic carbocycles. The van der Waals surface area contributed by atoms with E-state index >= 15 is 0 Å². The molecule has 0 aliphatic heterocycles. The SMILES string of the molecule is CC(C)OCCCNCC1=CC[C@@H](Cc2ccc(F)cc2F)Cc2cnc(C(=O)NO)cc21. The molecule has 3 N–H and O–H groups in total. The summed E-state index contributed by atoms with van der Waals surface area (Å²) < 4.78 is 33.1. The molecule has 1 heterocycles. The Morgan fingerprint density at radius 3 is 2.85 bits per heavy atom. The van der Waals surface area contributed by atoms with Crippen LogP contribution in [0.3, 0.4) is 0 Å². The molecule has 0 spiro atoms. The summed E-state index contributed by atoms with van der Waals surface area (Å²) in [5.41, 5.74) is 5.08. The highest BCUT2D eigenvalue weighted by atomic mass is 19.1. The monoisotopic (exact) mass is 459 g/mol. The van der Waals surface area contributed by atoms with Gasteiger partial charge in [-0.1, -0.05) is 12.1 Å². The Morgan fingerprint density at radius 2 is 2.12 bits per heavy atom. The number of fused-ring (bicyclic) bond motifs is 1. The van der Waals surface area contributed by atoms with Gasteiger partial charge in [-0.05, 0) is 86.4 Å². The minimum absolute atomic E-state index is 0.0972. The number of ether oxygens (including phenoxy) is 1. The molecule has 1 aliphatic rings. The number of benzene rings is 1. The summed E-state index contributed by atoms with van der Waals surface area (Å²) in [6, 6.07) is 5.36. The molecule has 0 radical (unpaired) electrons. The predicted molar refractivity (Wildman–Crippen MR) is 122 cm³/mol. The largest absolute Gasteiger partial charge is 0.379 e. The van der Waals surface area contributed by atoms with E-state index in [0.717, 1.165) is 35.7 Å². The topological polar surface area (TPSA) is 83.5 Å². The van der Waals surface area contributed by atoms with Crippen molar-refractivity contribution in [2.45, 2.75) is 45.6 Å². The van der Waals surface area contributed by atoms with Gasteiger partial charge in [0.2, 0.25) is 0 Å². The first-order chi connectivity index (χ1) is 15.9. The highest BCUT2D eigenvalue weighted by Crippen LogP contribution is 2.30. The smallest absolute Gasteiger partial charge is 0.293 e. The van der Waals surface area contributed by atoms with Gasteiger partial charge in [0.05, 0.1) is 6.10 Å². The van der Waals surface area contributed by atoms with Gasteiger partial charge in [-0.3, -0.25) is 15.0 Å². The van der Waals surface area contributed by atoms with Crippen LogP contribution in [0.1, 0.15) is 53.9 Å². The van der Waals surface area contributed by atoms with Gasteiger partial charge in [0.15, 0.2) is 0 Å². The van der Waals surface area contributed by atoms with Crippen molar-refractivity contribution in [2.75, 3.05) is 19.7 Å². The second-order valence-electron chi connectivity index (χ2n) is 8.59. The van der Waals surface area contributed by atoms with Crippen LogP contribution in [0.5, 0.6) is 0 Å². The van der Waals surface area contributed by atoms with E-state index in [1.54, 1.807) is 17.7 Å². The average molecular weight is 460 g/mol. The van der Waals surface area contributed by atoms with Crippen molar-refractivity contribution in [1.82, 2.24) is 15.8 Å². The molecule has 33 heavy (non-hydrogen) atoms. The van der Waals surface area contributed by atoms with Crippen LogP contribution < -0.4 is 10.8 Å². The number of allylic oxidation sites excluding steroid dienone is 1. The van der Waals surface area contributed by atoms with Gasteiger partial charge >= 0.3 is 0 Å². The van der Waals surface area contributed by atoms with Crippen LogP contribution in [0, 0.1) is 17.6 Å². The fourth-order valence-corrected chi connectivity index (χ4v) is 4.00. The normalized spacial score (nSPS) is 15.7. The first-order valence-electron chi connectivity index (χ1n) is 11.3. The second-order valence-corrected chi connectivity index (χ2v) is 8.59. The third-order valence-corrected chi connectivity index (χ3v) is 5.66. The number of nitrogens with one attached hydrogen (secondary N) is 2. The van der Waals surface area contributed by atoms with Gasteiger partial charge in [0.1, 0.15) is 17.3 Å². The number of hydroxylamine groups is 1. The number of halogens is 2. The van der Waals surface area contributed by atoms with Gasteiger partial charge < -0.3 is 10.1 Å². The van der Waals surface area contributed by atoms with Crippen LogP contribution in [0.2, 0.25) is 0 Å². The van der Waals surface area contributed by atoms with E-state index in [0.29, 0.717) is 38.0 Å². The van der Waals surface area contributed by atoms with Gasteiger partial charge in [-0.2, -0.15) is 0 Å². The lowest BCUT2D eigenvalue weighted by Gasteiger charge is -2.16. The molecule has 1 aromatic heterocycles. The van der Waals surface area contributed by atoms with Gasteiger partial charge in [0, 0.05) is 25.4 Å². The third kappa shape index (κ3) is 7.15. The molecule has 3 rings (SSSR count). The number of nitrogens with zero attached hydrogens (tertiary/aromatic N) is 1. The van der Waals surface area contributed by atoms with Gasteiger partial charge in [0.25, 0.3) is 5.91 Å². The molecule has 0 fully saturated rings. The average Bonchev–Trinajstić information content (AvgIpc) is 2.96. The maximum absolute atomic E-state index is 14.2. The Morgan fingerprint density at radius 1 is 1.30 bits per heavy atom. The number of carbonyl (C=O) groups is 1. The lowest BCUT2D eigenvalue weighted by atomic mass is 9.90. The number of rotatable bonds is 10. The highest BCUT2D eigenvalue weighted by molar-refractivity contribution is 5.92. The van der Waals surface area contributed by atoms with Crippen LogP contribution >= 0.6 is 0 Å². The zero-order valence-electron chi connectivity index (χ0n) is 19.0. The summed E-state index contributed by atoms with van der Waals surface area (Å²) in [5, 5.41) is 12.4. The van der Waals surface area contributed by atoms with E-state index in [9.17, 15) is 13.6 Å². The Balaban J connectivity index is 1.76. The lowest BCUT2D eigenvalue weighted by molar-refractivity contribution is 0.0700. The van der Waals surface area contributed by atoms with Crippen molar-refractivity contribution >= 4 is 11.5 Å². The number of hydrogen-bond donors (Lipinski definition) is 3. The minimum Gasteiger partial charge on any atom is -0.379 e. The molecule has 1 aromatic carbocycles. The maximum atomic E-state index is 14.2. The van der Waals surface area contributed by atoms with Crippen molar-refractivity contribution < 1.29 is 23.5 Å². The van der Waals surface area contributed by atoms with Crippen molar-refractivity contribution in [3.8, 4) is 0 Å². The second kappa shape index (κ2) is 12.0. The number of carbonyl (C=O) groups excluding carboxylic acids is 1. The molecule has 0 saturated heterocycles. The zero-order valence-corrected chi connectivity index (χ0v) is 19.0. The van der Waals surface area contributed by atoms with E-state index in [1.807, 2.05) is 13.8 Å². The Labute approximate surface area is 193 Å². The highest BCUT2D eigenvalue weighted by Gasteiger charge is 2.22. The van der Waals surface area contributed by atoms with E-state index in [1.165, 1.54) is 12.1 Å². The molecule has 1 amide bonds. The predicted octanol–water partition coefficient (Wildman–Crippen LogP) is 4.07.